The SMILES string of the molecule is CC1CCC(C)(C)C1N(C(=O)[C@@H](N)CC(=O)O)C(=O)C1(N)CC1. The molecule has 2 fully saturated rings. The lowest BCUT2D eigenvalue weighted by molar-refractivity contribution is -0.155. The quantitative estimate of drug-likeness (QED) is 0.674. The molecule has 2 aliphatic carbocycles. The maximum atomic E-state index is 12.9. The summed E-state index contributed by atoms with van der Waals surface area (Å²) in [6.07, 6.45) is 2.39. The summed E-state index contributed by atoms with van der Waals surface area (Å²) >= 11 is 0. The number of nitrogens with zero attached hydrogens (tertiary/aromatic N) is 1. The normalized spacial score (nSPS) is 28.9. The number of carbonyl (C=O) groups excluding carboxylic acids is 2. The fourth-order valence-electron chi connectivity index (χ4n) is 3.69. The number of carbonyl (C=O) groups is 3. The summed E-state index contributed by atoms with van der Waals surface area (Å²) in [4.78, 5) is 37.7. The van der Waals surface area contributed by atoms with Crippen molar-refractivity contribution in [2.75, 3.05) is 0 Å². The van der Waals surface area contributed by atoms with Gasteiger partial charge in [-0.1, -0.05) is 20.8 Å². The van der Waals surface area contributed by atoms with Crippen molar-refractivity contribution < 1.29 is 19.5 Å². The van der Waals surface area contributed by atoms with E-state index in [1.807, 2.05) is 20.8 Å². The van der Waals surface area contributed by atoms with Gasteiger partial charge in [0.2, 0.25) is 11.8 Å². The predicted octanol–water partition coefficient (Wildman–Crippen LogP) is 0.460. The highest BCUT2D eigenvalue weighted by molar-refractivity contribution is 6.04. The fourth-order valence-corrected chi connectivity index (χ4v) is 3.69. The zero-order chi connectivity index (χ0) is 17.6. The summed E-state index contributed by atoms with van der Waals surface area (Å²) < 4.78 is 0. The standard InChI is InChI=1S/C16H27N3O4/c1-9-4-5-15(2,3)12(9)19(14(23)16(18)6-7-16)13(22)10(17)8-11(20)21/h9-10,12H,4-8,17-18H2,1-3H3,(H,20,21)/t9?,10-,12?/m0/s1. The van der Waals surface area contributed by atoms with E-state index in [2.05, 4.69) is 0 Å². The van der Waals surface area contributed by atoms with Crippen LogP contribution in [0.2, 0.25) is 0 Å². The van der Waals surface area contributed by atoms with Crippen LogP contribution in [-0.2, 0) is 14.4 Å². The highest BCUT2D eigenvalue weighted by atomic mass is 16.4. The number of carboxylic acid groups (broad SMARTS) is 1. The van der Waals surface area contributed by atoms with Crippen LogP contribution in [0.15, 0.2) is 0 Å². The van der Waals surface area contributed by atoms with E-state index in [0.29, 0.717) is 12.8 Å². The van der Waals surface area contributed by atoms with Gasteiger partial charge in [-0.05, 0) is 37.0 Å². The predicted molar refractivity (Wildman–Crippen MR) is 84.2 cm³/mol. The van der Waals surface area contributed by atoms with E-state index < -0.39 is 35.8 Å². The molecule has 130 valence electrons. The Labute approximate surface area is 136 Å². The Kier molecular flexibility index (Phi) is 4.56. The highest BCUT2D eigenvalue weighted by Gasteiger charge is 2.55. The van der Waals surface area contributed by atoms with Crippen molar-refractivity contribution in [1.29, 1.82) is 0 Å². The molecule has 0 aromatic heterocycles. The van der Waals surface area contributed by atoms with Crippen LogP contribution in [0.25, 0.3) is 0 Å². The van der Waals surface area contributed by atoms with E-state index in [1.165, 1.54) is 4.90 Å². The van der Waals surface area contributed by atoms with Crippen molar-refractivity contribution in [3.8, 4) is 0 Å². The molecule has 0 aliphatic heterocycles. The summed E-state index contributed by atoms with van der Waals surface area (Å²) in [5.74, 6) is -2.06. The van der Waals surface area contributed by atoms with Crippen LogP contribution in [0.5, 0.6) is 0 Å². The Bertz CT molecular complexity index is 527. The maximum absolute atomic E-state index is 12.9. The Morgan fingerprint density at radius 3 is 2.22 bits per heavy atom. The Balaban J connectivity index is 2.34. The zero-order valence-corrected chi connectivity index (χ0v) is 14.0. The van der Waals surface area contributed by atoms with Gasteiger partial charge in [-0.3, -0.25) is 19.3 Å². The number of nitrogens with two attached hydrogens (primary N) is 2. The monoisotopic (exact) mass is 325 g/mol. The van der Waals surface area contributed by atoms with E-state index >= 15 is 0 Å². The Morgan fingerprint density at radius 2 is 1.83 bits per heavy atom. The summed E-state index contributed by atoms with van der Waals surface area (Å²) in [7, 11) is 0. The molecule has 0 radical (unpaired) electrons. The van der Waals surface area contributed by atoms with Gasteiger partial charge in [0.25, 0.3) is 0 Å². The molecule has 0 aromatic carbocycles. The van der Waals surface area contributed by atoms with Crippen molar-refractivity contribution in [2.24, 2.45) is 22.8 Å². The van der Waals surface area contributed by atoms with Crippen molar-refractivity contribution in [2.45, 2.75) is 70.5 Å². The topological polar surface area (TPSA) is 127 Å². The first-order chi connectivity index (χ1) is 10.5. The lowest BCUT2D eigenvalue weighted by atomic mass is 9.83. The lowest BCUT2D eigenvalue weighted by Crippen LogP contribution is -2.60. The van der Waals surface area contributed by atoms with Crippen LogP contribution in [0, 0.1) is 11.3 Å². The summed E-state index contributed by atoms with van der Waals surface area (Å²) in [5.41, 5.74) is 10.6. The van der Waals surface area contributed by atoms with E-state index in [-0.39, 0.29) is 17.4 Å². The second kappa shape index (κ2) is 5.87. The third-order valence-corrected chi connectivity index (χ3v) is 5.24. The van der Waals surface area contributed by atoms with Crippen molar-refractivity contribution in [3.63, 3.8) is 0 Å². The summed E-state index contributed by atoms with van der Waals surface area (Å²) in [6.45, 7) is 6.05. The minimum atomic E-state index is -1.23. The molecule has 2 amide bonds. The number of rotatable bonds is 5. The van der Waals surface area contributed by atoms with Crippen LogP contribution in [0.4, 0.5) is 0 Å². The number of hydrogen-bond donors (Lipinski definition) is 3. The van der Waals surface area contributed by atoms with Crippen LogP contribution < -0.4 is 11.5 Å². The second-order valence-corrected chi connectivity index (χ2v) is 7.82. The maximum Gasteiger partial charge on any atom is 0.305 e. The molecule has 2 rings (SSSR count). The van der Waals surface area contributed by atoms with Crippen molar-refractivity contribution in [1.82, 2.24) is 4.90 Å². The number of imide groups is 1. The minimum absolute atomic E-state index is 0.136. The van der Waals surface area contributed by atoms with Gasteiger partial charge in [0.1, 0.15) is 0 Å². The van der Waals surface area contributed by atoms with Gasteiger partial charge in [-0.25, -0.2) is 0 Å². The number of carboxylic acids is 1. The van der Waals surface area contributed by atoms with E-state index in [4.69, 9.17) is 16.6 Å². The van der Waals surface area contributed by atoms with Gasteiger partial charge in [-0.15, -0.1) is 0 Å². The Hall–Kier alpha value is -1.47. The molecule has 0 spiro atoms. The van der Waals surface area contributed by atoms with Gasteiger partial charge in [0.15, 0.2) is 0 Å². The molecule has 2 saturated carbocycles. The lowest BCUT2D eigenvalue weighted by Gasteiger charge is -2.40. The van der Waals surface area contributed by atoms with Gasteiger partial charge in [0, 0.05) is 6.04 Å². The van der Waals surface area contributed by atoms with E-state index in [0.717, 1.165) is 12.8 Å². The van der Waals surface area contributed by atoms with Gasteiger partial charge < -0.3 is 16.6 Å². The molecule has 0 bridgehead atoms. The summed E-state index contributed by atoms with van der Waals surface area (Å²) in [6, 6.07) is -1.54. The molecule has 3 atom stereocenters. The van der Waals surface area contributed by atoms with Gasteiger partial charge >= 0.3 is 5.97 Å². The second-order valence-electron chi connectivity index (χ2n) is 7.82. The largest absolute Gasteiger partial charge is 0.481 e. The summed E-state index contributed by atoms with van der Waals surface area (Å²) in [5, 5.41) is 8.89. The molecular formula is C16H27N3O4. The van der Waals surface area contributed by atoms with Gasteiger partial charge in [-0.2, -0.15) is 0 Å². The fraction of sp³-hybridized carbons (Fsp3) is 0.812. The first kappa shape index (κ1) is 17.9. The average molecular weight is 325 g/mol. The van der Waals surface area contributed by atoms with Crippen LogP contribution in [-0.4, -0.2) is 45.4 Å². The number of amides is 2. The molecule has 2 aliphatic rings. The first-order valence-electron chi connectivity index (χ1n) is 8.13. The smallest absolute Gasteiger partial charge is 0.305 e. The molecule has 5 N–H and O–H groups in total. The number of hydrogen-bond acceptors (Lipinski definition) is 5. The van der Waals surface area contributed by atoms with Crippen molar-refractivity contribution >= 4 is 17.8 Å². The van der Waals surface area contributed by atoms with Crippen molar-refractivity contribution in [3.05, 3.63) is 0 Å². The molecule has 7 heteroatoms. The molecular weight excluding hydrogens is 298 g/mol. The molecule has 0 heterocycles. The highest BCUT2D eigenvalue weighted by Crippen LogP contribution is 2.46. The molecule has 7 nitrogen and oxygen atoms in total. The van der Waals surface area contributed by atoms with Crippen LogP contribution in [0.1, 0.15) is 52.9 Å². The molecule has 2 unspecified atom stereocenters. The molecule has 23 heavy (non-hydrogen) atoms. The minimum Gasteiger partial charge on any atom is -0.481 e. The van der Waals surface area contributed by atoms with E-state index in [1.54, 1.807) is 0 Å². The zero-order valence-electron chi connectivity index (χ0n) is 14.0. The van der Waals surface area contributed by atoms with E-state index in [9.17, 15) is 14.4 Å². The Morgan fingerprint density at radius 1 is 1.26 bits per heavy atom. The third-order valence-electron chi connectivity index (χ3n) is 5.24. The van der Waals surface area contributed by atoms with Gasteiger partial charge in [0.05, 0.1) is 18.0 Å². The average Bonchev–Trinajstić information content (AvgIpc) is 3.12. The molecule has 0 saturated heterocycles. The van der Waals surface area contributed by atoms with Crippen LogP contribution in [0.3, 0.4) is 0 Å². The van der Waals surface area contributed by atoms with Crippen LogP contribution >= 0.6 is 0 Å². The number of aliphatic carboxylic acids is 1. The third kappa shape index (κ3) is 3.40. The molecule has 0 aromatic rings. The first-order valence-corrected chi connectivity index (χ1v) is 8.13.